The van der Waals surface area contributed by atoms with Crippen LogP contribution in [0.15, 0.2) is 47.8 Å². The fourth-order valence-corrected chi connectivity index (χ4v) is 3.86. The highest BCUT2D eigenvalue weighted by Gasteiger charge is 2.19. The van der Waals surface area contributed by atoms with Gasteiger partial charge in [0.1, 0.15) is 0 Å². The summed E-state index contributed by atoms with van der Waals surface area (Å²) in [5.74, 6) is 0. The molecule has 0 amide bonds. The summed E-state index contributed by atoms with van der Waals surface area (Å²) < 4.78 is 0. The molecule has 3 nitrogen and oxygen atoms in total. The normalized spacial score (nSPS) is 16.3. The van der Waals surface area contributed by atoms with E-state index in [1.54, 1.807) is 16.2 Å². The monoisotopic (exact) mass is 310 g/mol. The highest BCUT2D eigenvalue weighted by molar-refractivity contribution is 7.14. The number of anilines is 1. The van der Waals surface area contributed by atoms with Crippen molar-refractivity contribution in [3.05, 3.63) is 47.8 Å². The highest BCUT2D eigenvalue weighted by Crippen LogP contribution is 2.29. The van der Waals surface area contributed by atoms with Crippen LogP contribution >= 0.6 is 11.3 Å². The molecule has 1 fully saturated rings. The lowest BCUT2D eigenvalue weighted by Gasteiger charge is -2.29. The topological polar surface area (TPSA) is 20.6 Å². The molecule has 1 N–H and O–H groups in total. The van der Waals surface area contributed by atoms with E-state index in [1.165, 1.54) is 29.4 Å². The fourth-order valence-electron chi connectivity index (χ4n) is 2.97. The van der Waals surface area contributed by atoms with Crippen molar-refractivity contribution in [1.29, 1.82) is 0 Å². The van der Waals surface area contributed by atoms with Gasteiger partial charge in [-0.25, -0.2) is 4.98 Å². The predicted octanol–water partition coefficient (Wildman–Crippen LogP) is 2.30. The van der Waals surface area contributed by atoms with Crippen molar-refractivity contribution in [2.75, 3.05) is 38.1 Å². The van der Waals surface area contributed by atoms with Crippen LogP contribution < -0.4 is 9.80 Å². The van der Waals surface area contributed by atoms with Crippen molar-refractivity contribution in [3.63, 3.8) is 0 Å². The standard InChI is InChI=1S/C18H19N3S/c1-20-8-10-21(11-9-20)18-19-17(13-22-18)16-7-6-14-4-2-3-5-15(14)12-16/h2-7,12-13H,8-11H2,1H3/p+1. The van der Waals surface area contributed by atoms with Crippen molar-refractivity contribution < 1.29 is 4.90 Å². The van der Waals surface area contributed by atoms with Gasteiger partial charge in [-0.3, -0.25) is 0 Å². The molecule has 0 atom stereocenters. The molecule has 4 heteroatoms. The molecule has 0 unspecified atom stereocenters. The predicted molar refractivity (Wildman–Crippen MR) is 93.9 cm³/mol. The Balaban J connectivity index is 1.62. The molecule has 0 spiro atoms. The quantitative estimate of drug-likeness (QED) is 0.784. The van der Waals surface area contributed by atoms with Crippen LogP contribution in [0, 0.1) is 0 Å². The van der Waals surface area contributed by atoms with Gasteiger partial charge < -0.3 is 9.80 Å². The molecule has 0 aliphatic carbocycles. The minimum atomic E-state index is 1.09. The molecule has 1 aliphatic rings. The average Bonchev–Trinajstić information content (AvgIpc) is 3.05. The molecule has 2 heterocycles. The number of nitrogens with zero attached hydrogens (tertiary/aromatic N) is 2. The summed E-state index contributed by atoms with van der Waals surface area (Å²) in [4.78, 5) is 8.90. The van der Waals surface area contributed by atoms with Crippen LogP contribution in [0.2, 0.25) is 0 Å². The number of likely N-dealkylation sites (N-methyl/N-ethyl adjacent to an activating group) is 1. The van der Waals surface area contributed by atoms with Gasteiger partial charge in [0.15, 0.2) is 5.13 Å². The molecule has 0 bridgehead atoms. The smallest absolute Gasteiger partial charge is 0.186 e. The Bertz CT molecular complexity index is 788. The Morgan fingerprint density at radius 3 is 2.64 bits per heavy atom. The van der Waals surface area contributed by atoms with Crippen molar-refractivity contribution >= 4 is 27.2 Å². The van der Waals surface area contributed by atoms with E-state index in [9.17, 15) is 0 Å². The van der Waals surface area contributed by atoms with Crippen LogP contribution in [0.5, 0.6) is 0 Å². The largest absolute Gasteiger partial charge is 0.337 e. The van der Waals surface area contributed by atoms with Crippen molar-refractivity contribution in [1.82, 2.24) is 4.98 Å². The van der Waals surface area contributed by atoms with Crippen LogP contribution in [-0.2, 0) is 0 Å². The number of hydrogen-bond acceptors (Lipinski definition) is 3. The summed E-state index contributed by atoms with van der Waals surface area (Å²) in [6, 6.07) is 15.1. The van der Waals surface area contributed by atoms with Crippen LogP contribution in [0.4, 0.5) is 5.13 Å². The highest BCUT2D eigenvalue weighted by atomic mass is 32.1. The molecular formula is C18H20N3S+. The molecule has 3 aromatic rings. The summed E-state index contributed by atoms with van der Waals surface area (Å²) >= 11 is 1.76. The molecule has 0 radical (unpaired) electrons. The summed E-state index contributed by atoms with van der Waals surface area (Å²) in [5, 5.41) is 5.90. The molecule has 1 aliphatic heterocycles. The Kier molecular flexibility index (Phi) is 3.56. The van der Waals surface area contributed by atoms with Crippen LogP contribution in [0.25, 0.3) is 22.0 Å². The lowest BCUT2D eigenvalue weighted by molar-refractivity contribution is -0.880. The SMILES string of the molecule is C[NH+]1CCN(c2nc(-c3ccc4ccccc4c3)cs2)CC1. The number of quaternary nitrogens is 1. The van der Waals surface area contributed by atoms with Gasteiger partial charge in [0, 0.05) is 10.9 Å². The first-order chi connectivity index (χ1) is 10.8. The van der Waals surface area contributed by atoms with E-state index in [1.807, 2.05) is 0 Å². The van der Waals surface area contributed by atoms with E-state index < -0.39 is 0 Å². The molecular weight excluding hydrogens is 290 g/mol. The third-order valence-corrected chi connectivity index (χ3v) is 5.33. The van der Waals surface area contributed by atoms with Crippen molar-refractivity contribution in [2.45, 2.75) is 0 Å². The molecule has 4 rings (SSSR count). The molecule has 1 saturated heterocycles. The van der Waals surface area contributed by atoms with Crippen molar-refractivity contribution in [3.8, 4) is 11.3 Å². The molecule has 112 valence electrons. The minimum Gasteiger partial charge on any atom is -0.337 e. The Morgan fingerprint density at radius 2 is 1.82 bits per heavy atom. The van der Waals surface area contributed by atoms with E-state index >= 15 is 0 Å². The number of rotatable bonds is 2. The second-order valence-corrected chi connectivity index (χ2v) is 6.86. The summed E-state index contributed by atoms with van der Waals surface area (Å²) in [6.07, 6.45) is 0. The van der Waals surface area contributed by atoms with Gasteiger partial charge in [0.05, 0.1) is 38.9 Å². The van der Waals surface area contributed by atoms with Crippen LogP contribution in [-0.4, -0.2) is 38.2 Å². The number of benzene rings is 2. The third kappa shape index (κ3) is 2.60. The maximum Gasteiger partial charge on any atom is 0.186 e. The van der Waals surface area contributed by atoms with Gasteiger partial charge >= 0.3 is 0 Å². The zero-order valence-corrected chi connectivity index (χ0v) is 13.6. The van der Waals surface area contributed by atoms with Gasteiger partial charge in [0.25, 0.3) is 0 Å². The molecule has 1 aromatic heterocycles. The molecule has 0 saturated carbocycles. The van der Waals surface area contributed by atoms with Crippen molar-refractivity contribution in [2.24, 2.45) is 0 Å². The third-order valence-electron chi connectivity index (χ3n) is 4.42. The molecule has 2 aromatic carbocycles. The fraction of sp³-hybridized carbons (Fsp3) is 0.278. The lowest BCUT2D eigenvalue weighted by atomic mass is 10.1. The Morgan fingerprint density at radius 1 is 1.05 bits per heavy atom. The van der Waals surface area contributed by atoms with Gasteiger partial charge in [-0.15, -0.1) is 11.3 Å². The van der Waals surface area contributed by atoms with Crippen LogP contribution in [0.3, 0.4) is 0 Å². The maximum atomic E-state index is 4.87. The van der Waals surface area contributed by atoms with E-state index in [-0.39, 0.29) is 0 Å². The lowest BCUT2D eigenvalue weighted by Crippen LogP contribution is -3.12. The zero-order valence-electron chi connectivity index (χ0n) is 12.7. The average molecular weight is 310 g/mol. The first-order valence-corrected chi connectivity index (χ1v) is 8.68. The number of nitrogens with one attached hydrogen (secondary N) is 1. The second-order valence-electron chi connectivity index (χ2n) is 6.02. The zero-order chi connectivity index (χ0) is 14.9. The summed E-state index contributed by atoms with van der Waals surface area (Å²) in [6.45, 7) is 4.61. The summed E-state index contributed by atoms with van der Waals surface area (Å²) in [5.41, 5.74) is 2.30. The van der Waals surface area contributed by atoms with E-state index in [0.717, 1.165) is 23.9 Å². The first kappa shape index (κ1) is 13.7. The van der Waals surface area contributed by atoms with E-state index in [0.29, 0.717) is 0 Å². The number of hydrogen-bond donors (Lipinski definition) is 1. The van der Waals surface area contributed by atoms with Crippen LogP contribution in [0.1, 0.15) is 0 Å². The Hall–Kier alpha value is -1.91. The number of piperazine rings is 1. The van der Waals surface area contributed by atoms with Gasteiger partial charge in [-0.2, -0.15) is 0 Å². The van der Waals surface area contributed by atoms with E-state index in [4.69, 9.17) is 4.98 Å². The molecule has 22 heavy (non-hydrogen) atoms. The van der Waals surface area contributed by atoms with Gasteiger partial charge in [0.2, 0.25) is 0 Å². The number of aromatic nitrogens is 1. The minimum absolute atomic E-state index is 1.09. The number of thiazole rings is 1. The van der Waals surface area contributed by atoms with Gasteiger partial charge in [-0.1, -0.05) is 36.4 Å². The Labute approximate surface area is 134 Å². The summed E-state index contributed by atoms with van der Waals surface area (Å²) in [7, 11) is 2.26. The maximum absolute atomic E-state index is 4.87. The second kappa shape index (κ2) is 5.71. The number of fused-ring (bicyclic) bond motifs is 1. The first-order valence-electron chi connectivity index (χ1n) is 7.80. The van der Waals surface area contributed by atoms with E-state index in [2.05, 4.69) is 59.8 Å². The van der Waals surface area contributed by atoms with Gasteiger partial charge in [-0.05, 0) is 16.8 Å².